The summed E-state index contributed by atoms with van der Waals surface area (Å²) in [7, 11) is 0. The molecule has 1 saturated heterocycles. The number of nitrogens with one attached hydrogen (secondary N) is 2. The molecule has 1 amide bonds. The lowest BCUT2D eigenvalue weighted by Crippen LogP contribution is -2.44. The lowest BCUT2D eigenvalue weighted by atomic mass is 10.4. The van der Waals surface area contributed by atoms with Crippen LogP contribution in [0.25, 0.3) is 0 Å². The van der Waals surface area contributed by atoms with Gasteiger partial charge in [0.2, 0.25) is 5.91 Å². The number of piperazine rings is 1. The van der Waals surface area contributed by atoms with Crippen LogP contribution in [-0.2, 0) is 4.79 Å². The van der Waals surface area contributed by atoms with Crippen molar-refractivity contribution in [3.05, 3.63) is 0 Å². The molecule has 1 rings (SSSR count). The number of hydrogen-bond donors (Lipinski definition) is 2. The monoisotopic (exact) mass is 180 g/mol. The van der Waals surface area contributed by atoms with Gasteiger partial charge in [0.15, 0.2) is 0 Å². The molecule has 1 heterocycles. The number of amides is 1. The van der Waals surface area contributed by atoms with Crippen LogP contribution in [0.4, 0.5) is 0 Å². The van der Waals surface area contributed by atoms with Crippen LogP contribution in [0.3, 0.4) is 0 Å². The number of hydrogen-bond acceptors (Lipinski definition) is 2. The molecule has 0 radical (unpaired) electrons. The van der Waals surface area contributed by atoms with Crippen molar-refractivity contribution in [1.82, 2.24) is 10.6 Å². The molecule has 0 bridgehead atoms. The molecule has 1 aliphatic rings. The third kappa shape index (κ3) is 2.28. The molecule has 0 unspecified atom stereocenters. The van der Waals surface area contributed by atoms with Crippen molar-refractivity contribution in [3.8, 4) is 0 Å². The van der Waals surface area contributed by atoms with Crippen LogP contribution in [0.1, 0.15) is 0 Å². The molecule has 8 heavy (non-hydrogen) atoms. The maximum Gasteiger partial charge on any atom is 0.234 e. The van der Waals surface area contributed by atoms with Crippen LogP contribution >= 0.6 is 17.0 Å². The SMILES string of the molecule is Br.O=C1CNCCN1. The van der Waals surface area contributed by atoms with Crippen LogP contribution < -0.4 is 10.6 Å². The summed E-state index contributed by atoms with van der Waals surface area (Å²) in [5.41, 5.74) is 0. The van der Waals surface area contributed by atoms with Gasteiger partial charge in [-0.05, 0) is 0 Å². The Hall–Kier alpha value is -0.0900. The second-order valence-corrected chi connectivity index (χ2v) is 1.53. The first-order valence-corrected chi connectivity index (χ1v) is 2.37. The first-order chi connectivity index (χ1) is 3.39. The molecular weight excluding hydrogens is 172 g/mol. The van der Waals surface area contributed by atoms with Crippen molar-refractivity contribution < 1.29 is 4.79 Å². The standard InChI is InChI=1S/C4H8N2O.BrH/c7-4-3-5-1-2-6-4;/h5H,1-3H2,(H,6,7);1H. The first-order valence-electron chi connectivity index (χ1n) is 2.37. The molecule has 0 saturated carbocycles. The van der Waals surface area contributed by atoms with E-state index in [2.05, 4.69) is 10.6 Å². The molecule has 0 aromatic rings. The highest BCUT2D eigenvalue weighted by molar-refractivity contribution is 8.93. The Kier molecular flexibility index (Phi) is 3.81. The Morgan fingerprint density at radius 2 is 2.12 bits per heavy atom. The topological polar surface area (TPSA) is 41.1 Å². The average Bonchev–Trinajstić information content (AvgIpc) is 1.69. The summed E-state index contributed by atoms with van der Waals surface area (Å²) >= 11 is 0. The quantitative estimate of drug-likeness (QED) is 0.518. The van der Waals surface area contributed by atoms with Gasteiger partial charge in [-0.2, -0.15) is 0 Å². The lowest BCUT2D eigenvalue weighted by molar-refractivity contribution is -0.121. The fraction of sp³-hybridized carbons (Fsp3) is 0.750. The van der Waals surface area contributed by atoms with Gasteiger partial charge in [0.1, 0.15) is 0 Å². The minimum atomic E-state index is 0. The molecule has 3 nitrogen and oxygen atoms in total. The van der Waals surface area contributed by atoms with Gasteiger partial charge in [0, 0.05) is 13.1 Å². The van der Waals surface area contributed by atoms with Crippen molar-refractivity contribution in [2.75, 3.05) is 19.6 Å². The van der Waals surface area contributed by atoms with E-state index in [-0.39, 0.29) is 22.9 Å². The summed E-state index contributed by atoms with van der Waals surface area (Å²) in [4.78, 5) is 10.3. The normalized spacial score (nSPS) is 18.8. The summed E-state index contributed by atoms with van der Waals surface area (Å²) in [6.07, 6.45) is 0. The highest BCUT2D eigenvalue weighted by Crippen LogP contribution is 1.69. The van der Waals surface area contributed by atoms with Crippen LogP contribution in [0, 0.1) is 0 Å². The van der Waals surface area contributed by atoms with E-state index in [0.717, 1.165) is 13.1 Å². The second-order valence-electron chi connectivity index (χ2n) is 1.53. The molecule has 0 aliphatic carbocycles. The van der Waals surface area contributed by atoms with E-state index < -0.39 is 0 Å². The predicted molar refractivity (Wildman–Crippen MR) is 36.2 cm³/mol. The smallest absolute Gasteiger partial charge is 0.234 e. The van der Waals surface area contributed by atoms with Crippen LogP contribution in [0.2, 0.25) is 0 Å². The molecule has 2 N–H and O–H groups in total. The predicted octanol–water partition coefficient (Wildman–Crippen LogP) is -0.716. The summed E-state index contributed by atoms with van der Waals surface area (Å²) in [5.74, 6) is 0.103. The third-order valence-electron chi connectivity index (χ3n) is 0.910. The fourth-order valence-corrected chi connectivity index (χ4v) is 0.555. The Bertz CT molecular complexity index is 78.1. The van der Waals surface area contributed by atoms with Crippen LogP contribution in [0.15, 0.2) is 0 Å². The van der Waals surface area contributed by atoms with E-state index >= 15 is 0 Å². The van der Waals surface area contributed by atoms with Gasteiger partial charge < -0.3 is 10.6 Å². The third-order valence-corrected chi connectivity index (χ3v) is 0.910. The van der Waals surface area contributed by atoms with Gasteiger partial charge in [-0.3, -0.25) is 4.79 Å². The van der Waals surface area contributed by atoms with Crippen molar-refractivity contribution >= 4 is 22.9 Å². The number of halogens is 1. The summed E-state index contributed by atoms with van der Waals surface area (Å²) < 4.78 is 0. The summed E-state index contributed by atoms with van der Waals surface area (Å²) in [6, 6.07) is 0. The Labute approximate surface area is 58.6 Å². The molecule has 1 aliphatic heterocycles. The fourth-order valence-electron chi connectivity index (χ4n) is 0.555. The minimum Gasteiger partial charge on any atom is -0.354 e. The average molecular weight is 181 g/mol. The van der Waals surface area contributed by atoms with Crippen molar-refractivity contribution in [2.45, 2.75) is 0 Å². The zero-order valence-corrected chi connectivity index (χ0v) is 6.15. The molecule has 4 heteroatoms. The maximum absolute atomic E-state index is 10.3. The number of carbonyl (C=O) groups is 1. The lowest BCUT2D eigenvalue weighted by Gasteiger charge is -2.11. The molecule has 48 valence electrons. The largest absolute Gasteiger partial charge is 0.354 e. The van der Waals surface area contributed by atoms with Crippen LogP contribution in [0.5, 0.6) is 0 Å². The van der Waals surface area contributed by atoms with Gasteiger partial charge in [0.25, 0.3) is 0 Å². The van der Waals surface area contributed by atoms with E-state index in [1.165, 1.54) is 0 Å². The molecule has 0 aromatic carbocycles. The van der Waals surface area contributed by atoms with E-state index in [1.54, 1.807) is 0 Å². The molecular formula is C4H9BrN2O. The first kappa shape index (κ1) is 7.91. The summed E-state index contributed by atoms with van der Waals surface area (Å²) in [5, 5.41) is 5.60. The van der Waals surface area contributed by atoms with Gasteiger partial charge in [-0.25, -0.2) is 0 Å². The van der Waals surface area contributed by atoms with Gasteiger partial charge in [0.05, 0.1) is 6.54 Å². The minimum absolute atomic E-state index is 0. The Balaban J connectivity index is 0.000000490. The zero-order valence-electron chi connectivity index (χ0n) is 4.44. The van der Waals surface area contributed by atoms with Gasteiger partial charge in [-0.1, -0.05) is 0 Å². The highest BCUT2D eigenvalue weighted by atomic mass is 79.9. The van der Waals surface area contributed by atoms with Gasteiger partial charge in [-0.15, -0.1) is 17.0 Å². The zero-order chi connectivity index (χ0) is 5.11. The molecule has 0 aromatic heterocycles. The maximum atomic E-state index is 10.3. The Morgan fingerprint density at radius 1 is 1.38 bits per heavy atom. The van der Waals surface area contributed by atoms with Crippen molar-refractivity contribution in [1.29, 1.82) is 0 Å². The van der Waals surface area contributed by atoms with E-state index in [0.29, 0.717) is 6.54 Å². The van der Waals surface area contributed by atoms with E-state index in [9.17, 15) is 4.79 Å². The second kappa shape index (κ2) is 3.86. The molecule has 0 spiro atoms. The molecule has 1 fully saturated rings. The summed E-state index contributed by atoms with van der Waals surface area (Å²) in [6.45, 7) is 2.17. The van der Waals surface area contributed by atoms with E-state index in [4.69, 9.17) is 0 Å². The van der Waals surface area contributed by atoms with Crippen molar-refractivity contribution in [3.63, 3.8) is 0 Å². The van der Waals surface area contributed by atoms with Crippen LogP contribution in [-0.4, -0.2) is 25.5 Å². The van der Waals surface area contributed by atoms with E-state index in [1.807, 2.05) is 0 Å². The Morgan fingerprint density at radius 3 is 2.38 bits per heavy atom. The highest BCUT2D eigenvalue weighted by Gasteiger charge is 2.02. The van der Waals surface area contributed by atoms with Gasteiger partial charge >= 0.3 is 0 Å². The van der Waals surface area contributed by atoms with Crippen molar-refractivity contribution in [2.24, 2.45) is 0 Å². The number of carbonyl (C=O) groups excluding carboxylic acids is 1. The molecule has 0 atom stereocenters. The number of rotatable bonds is 0.